The number of thiol groups is 1. The second kappa shape index (κ2) is 3.92. The largest absolute Gasteiger partial charge is 0.363 e. The average molecular weight is 263 g/mol. The van der Waals surface area contributed by atoms with Gasteiger partial charge in [-0.05, 0) is 22.6 Å². The molecular weight excluding hydrogens is 242 g/mol. The fraction of sp³-hybridized carbons (Fsp3) is 0.429. The van der Waals surface area contributed by atoms with Gasteiger partial charge in [-0.25, -0.2) is 0 Å². The lowest BCUT2D eigenvalue weighted by molar-refractivity contribution is 0.695. The van der Waals surface area contributed by atoms with Crippen LogP contribution in [0.1, 0.15) is 20.8 Å². The number of aromatic nitrogens is 1. The van der Waals surface area contributed by atoms with Crippen molar-refractivity contribution in [2.75, 3.05) is 0 Å². The summed E-state index contributed by atoms with van der Waals surface area (Å²) in [5.74, 6) is 0. The van der Waals surface area contributed by atoms with Crippen LogP contribution in [-0.4, -0.2) is 12.5 Å². The first kappa shape index (κ1) is 12.8. The second-order valence-electron chi connectivity index (χ2n) is 6.21. The first-order chi connectivity index (χ1) is 7.75. The van der Waals surface area contributed by atoms with Gasteiger partial charge in [0.1, 0.15) is 0 Å². The van der Waals surface area contributed by atoms with Crippen LogP contribution in [0.15, 0.2) is 35.4 Å². The molecule has 2 rings (SSSR count). The van der Waals surface area contributed by atoms with E-state index in [-0.39, 0.29) is 0 Å². The Morgan fingerprint density at radius 3 is 2.29 bits per heavy atom. The Balaban J connectivity index is 2.75. The topological polar surface area (TPSA) is 4.93 Å². The first-order valence-electron chi connectivity index (χ1n) is 6.05. The highest BCUT2D eigenvalue weighted by Gasteiger charge is 2.39. The molecule has 17 heavy (non-hydrogen) atoms. The van der Waals surface area contributed by atoms with E-state index in [4.69, 9.17) is 0 Å². The lowest BCUT2D eigenvalue weighted by atomic mass is 10.2. The van der Waals surface area contributed by atoms with Crippen LogP contribution in [0, 0.1) is 0 Å². The Bertz CT molecular complexity index is 549. The first-order valence-corrected chi connectivity index (χ1v) is 9.44. The molecule has 0 amide bonds. The van der Waals surface area contributed by atoms with Crippen LogP contribution in [0.5, 0.6) is 0 Å². The van der Waals surface area contributed by atoms with Gasteiger partial charge < -0.3 is 4.23 Å². The zero-order valence-corrected chi connectivity index (χ0v) is 13.2. The fourth-order valence-electron chi connectivity index (χ4n) is 2.06. The Hall–Kier alpha value is -0.673. The van der Waals surface area contributed by atoms with E-state index in [9.17, 15) is 0 Å². The summed E-state index contributed by atoms with van der Waals surface area (Å²) in [7, 11) is -1.60. The number of hydrogen-bond acceptors (Lipinski definition) is 1. The van der Waals surface area contributed by atoms with Crippen molar-refractivity contribution in [1.29, 1.82) is 0 Å². The predicted molar refractivity (Wildman–Crippen MR) is 81.8 cm³/mol. The van der Waals surface area contributed by atoms with Gasteiger partial charge in [-0.1, -0.05) is 52.1 Å². The van der Waals surface area contributed by atoms with Gasteiger partial charge in [-0.2, -0.15) is 0 Å². The molecule has 1 aromatic heterocycles. The van der Waals surface area contributed by atoms with E-state index in [1.807, 2.05) is 0 Å². The highest BCUT2D eigenvalue weighted by molar-refractivity contribution is 7.80. The molecule has 3 heteroatoms. The van der Waals surface area contributed by atoms with Gasteiger partial charge in [0.05, 0.1) is 5.03 Å². The van der Waals surface area contributed by atoms with Crippen molar-refractivity contribution in [2.24, 2.45) is 0 Å². The molecule has 0 bridgehead atoms. The highest BCUT2D eigenvalue weighted by Crippen LogP contribution is 2.40. The number of para-hydroxylation sites is 1. The molecular formula is C14H21NSSi. The van der Waals surface area contributed by atoms with Gasteiger partial charge in [-0.3, -0.25) is 0 Å². The van der Waals surface area contributed by atoms with E-state index >= 15 is 0 Å². The normalized spacial score (nSPS) is 13.3. The Labute approximate surface area is 110 Å². The van der Waals surface area contributed by atoms with Crippen molar-refractivity contribution in [3.05, 3.63) is 30.3 Å². The monoisotopic (exact) mass is 263 g/mol. The highest BCUT2D eigenvalue weighted by atomic mass is 32.1. The van der Waals surface area contributed by atoms with E-state index < -0.39 is 8.24 Å². The standard InChI is InChI=1S/C14H21NSSi/c1-14(2,3)17(4,5)15-12-9-7-6-8-11(12)10-13(15)16/h6-10,16H,1-5H3. The minimum atomic E-state index is -1.60. The molecule has 0 spiro atoms. The van der Waals surface area contributed by atoms with Crippen molar-refractivity contribution < 1.29 is 0 Å². The third kappa shape index (κ3) is 1.95. The van der Waals surface area contributed by atoms with E-state index in [0.717, 1.165) is 5.03 Å². The molecule has 0 radical (unpaired) electrons. The number of fused-ring (bicyclic) bond motifs is 1. The summed E-state index contributed by atoms with van der Waals surface area (Å²) in [6.45, 7) is 11.8. The van der Waals surface area contributed by atoms with Crippen LogP contribution in [0.3, 0.4) is 0 Å². The van der Waals surface area contributed by atoms with E-state index in [0.29, 0.717) is 5.04 Å². The number of rotatable bonds is 1. The van der Waals surface area contributed by atoms with Crippen LogP contribution >= 0.6 is 12.6 Å². The number of hydrogen-bond donors (Lipinski definition) is 1. The molecule has 1 heterocycles. The molecule has 1 nitrogen and oxygen atoms in total. The maximum atomic E-state index is 4.68. The summed E-state index contributed by atoms with van der Waals surface area (Å²) >= 11 is 4.68. The molecule has 2 aromatic rings. The molecule has 0 aliphatic heterocycles. The Morgan fingerprint density at radius 1 is 1.12 bits per heavy atom. The van der Waals surface area contributed by atoms with E-state index in [2.05, 4.69) is 81.1 Å². The summed E-state index contributed by atoms with van der Waals surface area (Å²) < 4.78 is 2.48. The number of benzene rings is 1. The molecule has 0 saturated heterocycles. The summed E-state index contributed by atoms with van der Waals surface area (Å²) in [5, 5.41) is 2.70. The lowest BCUT2D eigenvalue weighted by Crippen LogP contribution is -2.45. The van der Waals surface area contributed by atoms with Crippen LogP contribution in [-0.2, 0) is 0 Å². The van der Waals surface area contributed by atoms with Crippen LogP contribution in [0.25, 0.3) is 10.9 Å². The van der Waals surface area contributed by atoms with Crippen molar-refractivity contribution in [1.82, 2.24) is 4.23 Å². The molecule has 0 N–H and O–H groups in total. The predicted octanol–water partition coefficient (Wildman–Crippen LogP) is 4.78. The van der Waals surface area contributed by atoms with E-state index in [1.54, 1.807) is 0 Å². The number of nitrogens with zero attached hydrogens (tertiary/aromatic N) is 1. The Kier molecular flexibility index (Phi) is 2.95. The molecule has 0 unspecified atom stereocenters. The maximum absolute atomic E-state index is 4.68. The third-order valence-corrected chi connectivity index (χ3v) is 9.87. The SMILES string of the molecule is CC(C)(C)[Si](C)(C)n1c(S)cc2ccccc21. The summed E-state index contributed by atoms with van der Waals surface area (Å²) in [6.07, 6.45) is 0. The van der Waals surface area contributed by atoms with Gasteiger partial charge >= 0.3 is 0 Å². The van der Waals surface area contributed by atoms with Gasteiger partial charge in [0, 0.05) is 5.52 Å². The summed E-state index contributed by atoms with van der Waals surface area (Å²) in [4.78, 5) is 0. The maximum Gasteiger partial charge on any atom is 0.162 e. The second-order valence-corrected chi connectivity index (χ2v) is 11.7. The van der Waals surface area contributed by atoms with Crippen molar-refractivity contribution >= 4 is 31.8 Å². The van der Waals surface area contributed by atoms with Crippen LogP contribution < -0.4 is 0 Å². The minimum absolute atomic E-state index is 0.312. The van der Waals surface area contributed by atoms with Gasteiger partial charge in [0.15, 0.2) is 8.24 Å². The summed E-state index contributed by atoms with van der Waals surface area (Å²) in [6, 6.07) is 10.7. The summed E-state index contributed by atoms with van der Waals surface area (Å²) in [5.41, 5.74) is 1.32. The van der Waals surface area contributed by atoms with Gasteiger partial charge in [0.25, 0.3) is 0 Å². The van der Waals surface area contributed by atoms with E-state index in [1.165, 1.54) is 10.9 Å². The molecule has 0 aliphatic rings. The quantitative estimate of drug-likeness (QED) is 0.558. The zero-order valence-electron chi connectivity index (χ0n) is 11.3. The molecule has 0 fully saturated rings. The van der Waals surface area contributed by atoms with Crippen molar-refractivity contribution in [3.8, 4) is 0 Å². The molecule has 0 saturated carbocycles. The molecule has 0 atom stereocenters. The third-order valence-electron chi connectivity index (χ3n) is 4.09. The van der Waals surface area contributed by atoms with Gasteiger partial charge in [-0.15, -0.1) is 12.6 Å². The van der Waals surface area contributed by atoms with Gasteiger partial charge in [0.2, 0.25) is 0 Å². The van der Waals surface area contributed by atoms with Crippen molar-refractivity contribution in [2.45, 2.75) is 43.9 Å². The minimum Gasteiger partial charge on any atom is -0.363 e. The molecule has 92 valence electrons. The van der Waals surface area contributed by atoms with Crippen LogP contribution in [0.4, 0.5) is 0 Å². The Morgan fingerprint density at radius 2 is 1.71 bits per heavy atom. The lowest BCUT2D eigenvalue weighted by Gasteiger charge is -2.39. The smallest absolute Gasteiger partial charge is 0.162 e. The van der Waals surface area contributed by atoms with Crippen LogP contribution in [0.2, 0.25) is 18.1 Å². The molecule has 0 aliphatic carbocycles. The fourth-order valence-corrected chi connectivity index (χ4v) is 5.17. The average Bonchev–Trinajstić information content (AvgIpc) is 2.51. The zero-order chi connectivity index (χ0) is 12.8. The van der Waals surface area contributed by atoms with Crippen molar-refractivity contribution in [3.63, 3.8) is 0 Å². The molecule has 1 aromatic carbocycles.